The Morgan fingerprint density at radius 3 is 2.54 bits per heavy atom. The zero-order chi connectivity index (χ0) is 19.1. The second-order valence-electron chi connectivity index (χ2n) is 6.38. The van der Waals surface area contributed by atoms with Gasteiger partial charge in [-0.05, 0) is 36.4 Å². The van der Waals surface area contributed by atoms with E-state index in [-0.39, 0.29) is 5.91 Å². The molecule has 0 saturated heterocycles. The molecule has 5 rings (SSSR count). The van der Waals surface area contributed by atoms with E-state index in [0.717, 1.165) is 21.1 Å². The third-order valence-corrected chi connectivity index (χ3v) is 5.71. The number of fused-ring (bicyclic) bond motifs is 2. The molecule has 136 valence electrons. The van der Waals surface area contributed by atoms with E-state index < -0.39 is 0 Å². The second-order valence-corrected chi connectivity index (χ2v) is 7.39. The Balaban J connectivity index is 1.63. The standard InChI is InChI=1S/C22H15N3O2S/c1-25(22-24-17-9-4-5-11-20(17)28-22)21(26)15-13-18(19-10-6-12-27-19)23-16-8-3-2-7-14(15)16/h2-13H,1H3. The fourth-order valence-electron chi connectivity index (χ4n) is 3.17. The first kappa shape index (κ1) is 16.6. The zero-order valence-electron chi connectivity index (χ0n) is 15.0. The van der Waals surface area contributed by atoms with Crippen molar-refractivity contribution in [2.75, 3.05) is 11.9 Å². The van der Waals surface area contributed by atoms with Gasteiger partial charge >= 0.3 is 0 Å². The summed E-state index contributed by atoms with van der Waals surface area (Å²) < 4.78 is 6.54. The van der Waals surface area contributed by atoms with Gasteiger partial charge in [-0.25, -0.2) is 9.97 Å². The summed E-state index contributed by atoms with van der Waals surface area (Å²) in [6.07, 6.45) is 1.60. The minimum Gasteiger partial charge on any atom is -0.463 e. The Morgan fingerprint density at radius 2 is 1.75 bits per heavy atom. The number of hydrogen-bond acceptors (Lipinski definition) is 5. The van der Waals surface area contributed by atoms with Crippen molar-refractivity contribution in [3.8, 4) is 11.5 Å². The number of rotatable bonds is 3. The summed E-state index contributed by atoms with van der Waals surface area (Å²) >= 11 is 1.50. The van der Waals surface area contributed by atoms with E-state index in [9.17, 15) is 4.79 Å². The van der Waals surface area contributed by atoms with Gasteiger partial charge in [0.1, 0.15) is 5.69 Å². The van der Waals surface area contributed by atoms with Crippen LogP contribution in [0.25, 0.3) is 32.6 Å². The van der Waals surface area contributed by atoms with Crippen LogP contribution < -0.4 is 4.90 Å². The highest BCUT2D eigenvalue weighted by Gasteiger charge is 2.21. The van der Waals surface area contributed by atoms with E-state index >= 15 is 0 Å². The van der Waals surface area contributed by atoms with E-state index in [1.807, 2.05) is 54.6 Å². The van der Waals surface area contributed by atoms with Crippen LogP contribution in [0.4, 0.5) is 5.13 Å². The molecular formula is C22H15N3O2S. The molecule has 5 nitrogen and oxygen atoms in total. The number of amides is 1. The molecule has 1 amide bonds. The highest BCUT2D eigenvalue weighted by molar-refractivity contribution is 7.22. The molecule has 5 aromatic rings. The van der Waals surface area contributed by atoms with Crippen molar-refractivity contribution in [1.29, 1.82) is 0 Å². The SMILES string of the molecule is CN(C(=O)c1cc(-c2ccco2)nc2ccccc12)c1nc2ccccc2s1. The summed E-state index contributed by atoms with van der Waals surface area (Å²) in [6, 6.07) is 20.9. The predicted octanol–water partition coefficient (Wildman–Crippen LogP) is 5.38. The number of carbonyl (C=O) groups excluding carboxylic acids is 1. The van der Waals surface area contributed by atoms with Crippen molar-refractivity contribution in [3.63, 3.8) is 0 Å². The molecule has 0 fully saturated rings. The van der Waals surface area contributed by atoms with Gasteiger partial charge in [-0.15, -0.1) is 0 Å². The minimum atomic E-state index is -0.134. The number of hydrogen-bond donors (Lipinski definition) is 0. The number of furan rings is 1. The molecule has 0 radical (unpaired) electrons. The Kier molecular flexibility index (Phi) is 3.91. The van der Waals surface area contributed by atoms with Crippen molar-refractivity contribution in [2.24, 2.45) is 0 Å². The topological polar surface area (TPSA) is 59.2 Å². The molecule has 0 spiro atoms. The molecule has 0 aliphatic carbocycles. The Bertz CT molecular complexity index is 1280. The normalized spacial score (nSPS) is 11.2. The van der Waals surface area contributed by atoms with Crippen molar-refractivity contribution < 1.29 is 9.21 Å². The molecule has 0 unspecified atom stereocenters. The van der Waals surface area contributed by atoms with E-state index in [1.54, 1.807) is 30.3 Å². The van der Waals surface area contributed by atoms with Gasteiger partial charge in [0, 0.05) is 12.4 Å². The van der Waals surface area contributed by atoms with E-state index in [2.05, 4.69) is 9.97 Å². The minimum absolute atomic E-state index is 0.134. The largest absolute Gasteiger partial charge is 0.463 e. The van der Waals surface area contributed by atoms with Gasteiger partial charge in [0.15, 0.2) is 10.9 Å². The lowest BCUT2D eigenvalue weighted by Gasteiger charge is -2.16. The van der Waals surface area contributed by atoms with Crippen molar-refractivity contribution >= 4 is 43.5 Å². The molecular weight excluding hydrogens is 370 g/mol. The lowest BCUT2D eigenvalue weighted by molar-refractivity contribution is 0.0994. The number of benzene rings is 2. The van der Waals surface area contributed by atoms with Crippen LogP contribution in [0.15, 0.2) is 77.4 Å². The van der Waals surface area contributed by atoms with Crippen LogP contribution in [-0.2, 0) is 0 Å². The van der Waals surface area contributed by atoms with E-state index in [0.29, 0.717) is 22.1 Å². The Labute approximate surface area is 164 Å². The molecule has 0 aliphatic rings. The molecule has 0 aliphatic heterocycles. The van der Waals surface area contributed by atoms with Crippen LogP contribution >= 0.6 is 11.3 Å². The summed E-state index contributed by atoms with van der Waals surface area (Å²) in [5.41, 5.74) is 2.83. The van der Waals surface area contributed by atoms with Crippen molar-refractivity contribution in [2.45, 2.75) is 0 Å². The molecule has 0 atom stereocenters. The van der Waals surface area contributed by atoms with Crippen molar-refractivity contribution in [3.05, 3.63) is 78.6 Å². The lowest BCUT2D eigenvalue weighted by Crippen LogP contribution is -2.26. The smallest absolute Gasteiger partial charge is 0.260 e. The maximum Gasteiger partial charge on any atom is 0.260 e. The molecule has 0 saturated carbocycles. The molecule has 0 N–H and O–H groups in total. The van der Waals surface area contributed by atoms with Gasteiger partial charge in [-0.1, -0.05) is 41.7 Å². The zero-order valence-corrected chi connectivity index (χ0v) is 15.8. The van der Waals surface area contributed by atoms with E-state index in [1.165, 1.54) is 11.3 Å². The Hall–Kier alpha value is -3.51. The number of carbonyl (C=O) groups is 1. The quantitative estimate of drug-likeness (QED) is 0.418. The molecule has 3 heterocycles. The first-order chi connectivity index (χ1) is 13.7. The van der Waals surface area contributed by atoms with Crippen LogP contribution in [0, 0.1) is 0 Å². The average molecular weight is 385 g/mol. The fraction of sp³-hybridized carbons (Fsp3) is 0.0455. The van der Waals surface area contributed by atoms with Crippen LogP contribution in [0.2, 0.25) is 0 Å². The van der Waals surface area contributed by atoms with Crippen LogP contribution in [0.3, 0.4) is 0 Å². The third-order valence-electron chi connectivity index (χ3n) is 4.59. The number of anilines is 1. The average Bonchev–Trinajstić information content (AvgIpc) is 3.41. The van der Waals surface area contributed by atoms with Gasteiger partial charge < -0.3 is 4.42 Å². The number of aromatic nitrogens is 2. The summed E-state index contributed by atoms with van der Waals surface area (Å²) in [5, 5.41) is 1.46. The predicted molar refractivity (Wildman–Crippen MR) is 112 cm³/mol. The highest BCUT2D eigenvalue weighted by Crippen LogP contribution is 2.31. The summed E-state index contributed by atoms with van der Waals surface area (Å²) in [5.74, 6) is 0.493. The van der Waals surface area contributed by atoms with Gasteiger partial charge in [-0.3, -0.25) is 9.69 Å². The second kappa shape index (κ2) is 6.58. The monoisotopic (exact) mass is 385 g/mol. The number of para-hydroxylation sites is 2. The van der Waals surface area contributed by atoms with E-state index in [4.69, 9.17) is 4.42 Å². The summed E-state index contributed by atoms with van der Waals surface area (Å²) in [6.45, 7) is 0. The molecule has 0 bridgehead atoms. The third kappa shape index (κ3) is 2.75. The first-order valence-electron chi connectivity index (χ1n) is 8.78. The van der Waals surface area contributed by atoms with Gasteiger partial charge in [0.05, 0.1) is 27.6 Å². The number of nitrogens with zero attached hydrogens (tertiary/aromatic N) is 3. The molecule has 28 heavy (non-hydrogen) atoms. The molecule has 6 heteroatoms. The molecule has 2 aromatic carbocycles. The van der Waals surface area contributed by atoms with Crippen LogP contribution in [0.5, 0.6) is 0 Å². The van der Waals surface area contributed by atoms with Gasteiger partial charge in [0.2, 0.25) is 0 Å². The molecule has 3 aromatic heterocycles. The summed E-state index contributed by atoms with van der Waals surface area (Å²) in [4.78, 5) is 24.2. The maximum atomic E-state index is 13.4. The fourth-order valence-corrected chi connectivity index (χ4v) is 4.10. The van der Waals surface area contributed by atoms with Gasteiger partial charge in [-0.2, -0.15) is 0 Å². The number of thiazole rings is 1. The Morgan fingerprint density at radius 1 is 0.964 bits per heavy atom. The first-order valence-corrected chi connectivity index (χ1v) is 9.59. The maximum absolute atomic E-state index is 13.4. The lowest BCUT2D eigenvalue weighted by atomic mass is 10.1. The highest BCUT2D eigenvalue weighted by atomic mass is 32.1. The summed E-state index contributed by atoms with van der Waals surface area (Å²) in [7, 11) is 1.75. The van der Waals surface area contributed by atoms with Crippen molar-refractivity contribution in [1.82, 2.24) is 9.97 Å². The number of pyridine rings is 1. The van der Waals surface area contributed by atoms with Crippen LogP contribution in [0.1, 0.15) is 10.4 Å². The van der Waals surface area contributed by atoms with Crippen LogP contribution in [-0.4, -0.2) is 22.9 Å². The van der Waals surface area contributed by atoms with Gasteiger partial charge in [0.25, 0.3) is 5.91 Å².